The smallest absolute Gasteiger partial charge is 0.319 e. The number of nitrogens with zero attached hydrogens (tertiary/aromatic N) is 3. The monoisotopic (exact) mass is 414 g/mol. The van der Waals surface area contributed by atoms with Crippen LogP contribution in [0.4, 0.5) is 18.0 Å². The van der Waals surface area contributed by atoms with Gasteiger partial charge in [-0.25, -0.2) is 14.8 Å². The van der Waals surface area contributed by atoms with Crippen LogP contribution in [0.5, 0.6) is 0 Å². The first-order chi connectivity index (χ1) is 14.1. The van der Waals surface area contributed by atoms with Crippen molar-refractivity contribution in [2.45, 2.75) is 32.1 Å². The van der Waals surface area contributed by atoms with E-state index in [1.807, 2.05) is 18.2 Å². The molecule has 1 atom stereocenters. The Balaban J connectivity index is 1.66. The van der Waals surface area contributed by atoms with Gasteiger partial charge < -0.3 is 5.32 Å². The molecule has 0 bridgehead atoms. The second-order valence-electron chi connectivity index (χ2n) is 7.27. The topological polar surface area (TPSA) is 75.2 Å². The van der Waals surface area contributed by atoms with Gasteiger partial charge >= 0.3 is 12.2 Å². The quantitative estimate of drug-likeness (QED) is 0.659. The summed E-state index contributed by atoms with van der Waals surface area (Å²) in [7, 11) is 0. The molecule has 1 N–H and O–H groups in total. The number of imide groups is 1. The summed E-state index contributed by atoms with van der Waals surface area (Å²) < 4.78 is 39.3. The maximum atomic E-state index is 13.1. The summed E-state index contributed by atoms with van der Waals surface area (Å²) in [5, 5.41) is 3.37. The van der Waals surface area contributed by atoms with Gasteiger partial charge in [-0.1, -0.05) is 30.3 Å². The zero-order valence-electron chi connectivity index (χ0n) is 16.1. The number of para-hydroxylation sites is 1. The number of halogens is 3. The third-order valence-electron chi connectivity index (χ3n) is 5.18. The zero-order valence-corrected chi connectivity index (χ0v) is 16.1. The highest BCUT2D eigenvalue weighted by Gasteiger charge is 2.49. The molecule has 0 radical (unpaired) electrons. The summed E-state index contributed by atoms with van der Waals surface area (Å²) in [6.07, 6.45) is -4.56. The van der Waals surface area contributed by atoms with E-state index >= 15 is 0 Å². The summed E-state index contributed by atoms with van der Waals surface area (Å²) in [6.45, 7) is 2.99. The van der Waals surface area contributed by atoms with E-state index in [1.54, 1.807) is 13.0 Å². The lowest BCUT2D eigenvalue weighted by Crippen LogP contribution is -2.41. The molecule has 9 heteroatoms. The number of amides is 3. The van der Waals surface area contributed by atoms with Gasteiger partial charge in [0, 0.05) is 11.1 Å². The Bertz CT molecular complexity index is 1180. The molecule has 1 fully saturated rings. The number of carbonyl (C=O) groups is 2. The molecule has 4 rings (SSSR count). The van der Waals surface area contributed by atoms with Gasteiger partial charge in [0.1, 0.15) is 11.4 Å². The largest absolute Gasteiger partial charge is 0.416 e. The molecule has 3 amide bonds. The number of fused-ring (bicyclic) bond motifs is 1. The Kier molecular flexibility index (Phi) is 4.48. The van der Waals surface area contributed by atoms with Crippen molar-refractivity contribution in [2.24, 2.45) is 0 Å². The maximum Gasteiger partial charge on any atom is 0.416 e. The van der Waals surface area contributed by atoms with Gasteiger partial charge in [-0.15, -0.1) is 0 Å². The molecule has 1 aliphatic rings. The van der Waals surface area contributed by atoms with Gasteiger partial charge in [0.05, 0.1) is 17.6 Å². The number of aromatic nitrogens is 2. The van der Waals surface area contributed by atoms with Crippen molar-refractivity contribution in [3.05, 3.63) is 71.2 Å². The van der Waals surface area contributed by atoms with Gasteiger partial charge in [0.25, 0.3) is 5.91 Å². The SMILES string of the molecule is Cc1nc(CN2C(=O)NC(C)(c3cccc(C(F)(F)F)c3)C2=O)nc2ccccc12. The van der Waals surface area contributed by atoms with E-state index in [0.29, 0.717) is 11.2 Å². The summed E-state index contributed by atoms with van der Waals surface area (Å²) in [5.41, 5.74) is -1.09. The highest BCUT2D eigenvalue weighted by Crippen LogP contribution is 2.35. The minimum atomic E-state index is -4.56. The lowest BCUT2D eigenvalue weighted by molar-refractivity contribution is -0.138. The Labute approximate surface area is 169 Å². The molecule has 1 saturated heterocycles. The first kappa shape index (κ1) is 19.8. The highest BCUT2D eigenvalue weighted by atomic mass is 19.4. The summed E-state index contributed by atoms with van der Waals surface area (Å²) >= 11 is 0. The molecule has 6 nitrogen and oxygen atoms in total. The number of hydrogen-bond donors (Lipinski definition) is 1. The normalized spacial score (nSPS) is 19.4. The fraction of sp³-hybridized carbons (Fsp3) is 0.238. The van der Waals surface area contributed by atoms with Crippen LogP contribution in [0.2, 0.25) is 0 Å². The molecule has 0 spiro atoms. The van der Waals surface area contributed by atoms with Gasteiger partial charge in [0.15, 0.2) is 0 Å². The minimum absolute atomic E-state index is 0.0498. The van der Waals surface area contributed by atoms with Gasteiger partial charge in [-0.2, -0.15) is 13.2 Å². The van der Waals surface area contributed by atoms with E-state index < -0.39 is 29.2 Å². The molecule has 1 unspecified atom stereocenters. The van der Waals surface area contributed by atoms with Crippen molar-refractivity contribution in [1.29, 1.82) is 0 Å². The fourth-order valence-electron chi connectivity index (χ4n) is 3.55. The first-order valence-corrected chi connectivity index (χ1v) is 9.14. The number of hydrogen-bond acceptors (Lipinski definition) is 4. The van der Waals surface area contributed by atoms with Crippen molar-refractivity contribution >= 4 is 22.8 Å². The molecule has 2 aromatic carbocycles. The predicted octanol–water partition coefficient (Wildman–Crippen LogP) is 3.92. The van der Waals surface area contributed by atoms with Crippen molar-refractivity contribution in [2.75, 3.05) is 0 Å². The molecule has 1 aliphatic heterocycles. The molecular weight excluding hydrogens is 397 g/mol. The van der Waals surface area contributed by atoms with Gasteiger partial charge in [-0.3, -0.25) is 9.69 Å². The molecule has 0 saturated carbocycles. The molecule has 30 heavy (non-hydrogen) atoms. The Morgan fingerprint density at radius 2 is 1.80 bits per heavy atom. The average Bonchev–Trinajstić information content (AvgIpc) is 2.92. The van der Waals surface area contributed by atoms with Crippen LogP contribution in [0, 0.1) is 6.92 Å². The zero-order chi connectivity index (χ0) is 21.7. The Hall–Kier alpha value is -3.49. The molecular formula is C21H17F3N4O2. The standard InChI is InChI=1S/C21H17F3N4O2/c1-12-15-8-3-4-9-16(15)26-17(25-12)11-28-18(29)20(2,27-19(28)30)13-6-5-7-14(10-13)21(22,23)24/h3-10H,11H2,1-2H3,(H,27,30). The molecule has 3 aromatic rings. The predicted molar refractivity (Wildman–Crippen MR) is 102 cm³/mol. The number of urea groups is 1. The maximum absolute atomic E-state index is 13.1. The summed E-state index contributed by atoms with van der Waals surface area (Å²) in [4.78, 5) is 35.3. The van der Waals surface area contributed by atoms with Crippen LogP contribution in [-0.4, -0.2) is 26.8 Å². The van der Waals surface area contributed by atoms with E-state index in [9.17, 15) is 22.8 Å². The van der Waals surface area contributed by atoms with Crippen molar-refractivity contribution in [3.8, 4) is 0 Å². The van der Waals surface area contributed by atoms with Crippen LogP contribution in [0.15, 0.2) is 48.5 Å². The molecule has 0 aliphatic carbocycles. The molecule has 154 valence electrons. The van der Waals surface area contributed by atoms with Crippen LogP contribution >= 0.6 is 0 Å². The summed E-state index contributed by atoms with van der Waals surface area (Å²) in [6, 6.07) is 11.0. The van der Waals surface area contributed by atoms with Crippen LogP contribution < -0.4 is 5.32 Å². The van der Waals surface area contributed by atoms with E-state index in [1.165, 1.54) is 19.1 Å². The lowest BCUT2D eigenvalue weighted by atomic mass is 9.90. The van der Waals surface area contributed by atoms with Crippen LogP contribution in [0.1, 0.15) is 29.6 Å². The second-order valence-corrected chi connectivity index (χ2v) is 7.27. The molecule has 2 heterocycles. The van der Waals surface area contributed by atoms with Gasteiger partial charge in [0.2, 0.25) is 0 Å². The van der Waals surface area contributed by atoms with E-state index in [0.717, 1.165) is 22.4 Å². The van der Waals surface area contributed by atoms with E-state index in [2.05, 4.69) is 15.3 Å². The minimum Gasteiger partial charge on any atom is -0.319 e. The van der Waals surface area contributed by atoms with Crippen LogP contribution in [0.3, 0.4) is 0 Å². The Morgan fingerprint density at radius 1 is 1.07 bits per heavy atom. The number of carbonyl (C=O) groups excluding carboxylic acids is 2. The average molecular weight is 414 g/mol. The number of alkyl halides is 3. The van der Waals surface area contributed by atoms with E-state index in [4.69, 9.17) is 0 Å². The number of rotatable bonds is 3. The van der Waals surface area contributed by atoms with E-state index in [-0.39, 0.29) is 17.9 Å². The first-order valence-electron chi connectivity index (χ1n) is 9.14. The van der Waals surface area contributed by atoms with Crippen LogP contribution in [0.25, 0.3) is 10.9 Å². The van der Waals surface area contributed by atoms with Crippen molar-refractivity contribution in [1.82, 2.24) is 20.2 Å². The number of nitrogens with one attached hydrogen (secondary N) is 1. The van der Waals surface area contributed by atoms with Crippen molar-refractivity contribution in [3.63, 3.8) is 0 Å². The molecule has 1 aromatic heterocycles. The lowest BCUT2D eigenvalue weighted by Gasteiger charge is -2.23. The van der Waals surface area contributed by atoms with Crippen LogP contribution in [-0.2, 0) is 23.1 Å². The van der Waals surface area contributed by atoms with Gasteiger partial charge in [-0.05, 0) is 37.6 Å². The third-order valence-corrected chi connectivity index (χ3v) is 5.18. The summed E-state index contributed by atoms with van der Waals surface area (Å²) in [5.74, 6) is -0.399. The Morgan fingerprint density at radius 3 is 2.53 bits per heavy atom. The highest BCUT2D eigenvalue weighted by molar-refractivity contribution is 6.07. The third kappa shape index (κ3) is 3.26. The number of benzene rings is 2. The second kappa shape index (κ2) is 6.79. The van der Waals surface area contributed by atoms with Crippen molar-refractivity contribution < 1.29 is 22.8 Å². The fourth-order valence-corrected chi connectivity index (χ4v) is 3.55. The number of aryl methyl sites for hydroxylation is 1.